The third kappa shape index (κ3) is 2.09. The van der Waals surface area contributed by atoms with Gasteiger partial charge in [-0.15, -0.1) is 11.3 Å². The molecule has 2 nitrogen and oxygen atoms in total. The van der Waals surface area contributed by atoms with E-state index in [1.54, 1.807) is 0 Å². The van der Waals surface area contributed by atoms with Gasteiger partial charge in [-0.2, -0.15) is 0 Å². The largest absolute Gasteiger partial charge is 0.316 e. The van der Waals surface area contributed by atoms with Crippen LogP contribution in [0.2, 0.25) is 0 Å². The van der Waals surface area contributed by atoms with E-state index in [2.05, 4.69) is 52.1 Å². The van der Waals surface area contributed by atoms with Gasteiger partial charge in [-0.3, -0.25) is 4.90 Å². The van der Waals surface area contributed by atoms with Crippen LogP contribution in [-0.2, 0) is 0 Å². The Hall–Kier alpha value is 0.1000. The van der Waals surface area contributed by atoms with Crippen molar-refractivity contribution in [3.63, 3.8) is 0 Å². The third-order valence-electron chi connectivity index (χ3n) is 4.48. The van der Waals surface area contributed by atoms with Crippen molar-refractivity contribution >= 4 is 27.3 Å². The van der Waals surface area contributed by atoms with Crippen LogP contribution >= 0.6 is 27.3 Å². The molecule has 1 aromatic heterocycles. The second-order valence-electron chi connectivity index (χ2n) is 5.34. The second kappa shape index (κ2) is 4.65. The zero-order chi connectivity index (χ0) is 12.0. The Morgan fingerprint density at radius 3 is 2.94 bits per heavy atom. The van der Waals surface area contributed by atoms with E-state index in [1.165, 1.54) is 28.3 Å². The van der Waals surface area contributed by atoms with E-state index in [0.717, 1.165) is 11.8 Å². The SMILES string of the molecule is CC(c1ccc(Br)s1)N1CC2CNCC2C1C. The summed E-state index contributed by atoms with van der Waals surface area (Å²) in [4.78, 5) is 4.17. The van der Waals surface area contributed by atoms with Crippen LogP contribution in [0.4, 0.5) is 0 Å². The van der Waals surface area contributed by atoms with Gasteiger partial charge >= 0.3 is 0 Å². The predicted molar refractivity (Wildman–Crippen MR) is 76.5 cm³/mol. The number of hydrogen-bond acceptors (Lipinski definition) is 3. The average Bonchev–Trinajstić information content (AvgIpc) is 2.96. The summed E-state index contributed by atoms with van der Waals surface area (Å²) < 4.78 is 1.24. The molecule has 3 heterocycles. The molecule has 3 rings (SSSR count). The Bertz CT molecular complexity index is 406. The summed E-state index contributed by atoms with van der Waals surface area (Å²) in [6, 6.07) is 5.70. The lowest BCUT2D eigenvalue weighted by Crippen LogP contribution is -2.34. The molecule has 1 aromatic rings. The highest BCUT2D eigenvalue weighted by Gasteiger charge is 2.43. The summed E-state index contributed by atoms with van der Waals surface area (Å²) in [6.45, 7) is 8.44. The molecule has 2 fully saturated rings. The molecule has 4 heteroatoms. The molecule has 0 amide bonds. The minimum absolute atomic E-state index is 0.562. The van der Waals surface area contributed by atoms with Gasteiger partial charge in [-0.1, -0.05) is 0 Å². The molecule has 0 aromatic carbocycles. The Balaban J connectivity index is 1.77. The van der Waals surface area contributed by atoms with Crippen molar-refractivity contribution in [2.45, 2.75) is 25.9 Å². The number of likely N-dealkylation sites (tertiary alicyclic amines) is 1. The zero-order valence-electron chi connectivity index (χ0n) is 10.3. The van der Waals surface area contributed by atoms with Crippen molar-refractivity contribution < 1.29 is 0 Å². The summed E-state index contributed by atoms with van der Waals surface area (Å²) >= 11 is 5.43. The lowest BCUT2D eigenvalue weighted by molar-refractivity contribution is 0.185. The van der Waals surface area contributed by atoms with Gasteiger partial charge in [0.2, 0.25) is 0 Å². The van der Waals surface area contributed by atoms with Gasteiger partial charge in [-0.25, -0.2) is 0 Å². The number of halogens is 1. The van der Waals surface area contributed by atoms with Crippen LogP contribution < -0.4 is 5.32 Å². The number of nitrogens with zero attached hydrogens (tertiary/aromatic N) is 1. The van der Waals surface area contributed by atoms with Gasteiger partial charge < -0.3 is 5.32 Å². The standard InChI is InChI=1S/C13H19BrN2S/c1-8-11-6-15-5-10(11)7-16(8)9(2)12-3-4-13(14)17-12/h3-4,8-11,15H,5-7H2,1-2H3. The first kappa shape index (κ1) is 12.2. The molecule has 0 saturated carbocycles. The molecule has 0 bridgehead atoms. The predicted octanol–water partition coefficient (Wildman–Crippen LogP) is 3.11. The van der Waals surface area contributed by atoms with E-state index >= 15 is 0 Å². The number of nitrogens with one attached hydrogen (secondary N) is 1. The lowest BCUT2D eigenvalue weighted by Gasteiger charge is -2.30. The van der Waals surface area contributed by atoms with Crippen LogP contribution in [-0.4, -0.2) is 30.6 Å². The molecule has 1 N–H and O–H groups in total. The van der Waals surface area contributed by atoms with Crippen LogP contribution in [0.5, 0.6) is 0 Å². The number of rotatable bonds is 2. The summed E-state index contributed by atoms with van der Waals surface area (Å²) in [5.74, 6) is 1.73. The average molecular weight is 315 g/mol. The lowest BCUT2D eigenvalue weighted by atomic mass is 9.95. The molecule has 0 spiro atoms. The van der Waals surface area contributed by atoms with Gasteiger partial charge in [0.25, 0.3) is 0 Å². The van der Waals surface area contributed by atoms with E-state index in [4.69, 9.17) is 0 Å². The Morgan fingerprint density at radius 1 is 1.47 bits per heavy atom. The summed E-state index contributed by atoms with van der Waals surface area (Å²) in [5.41, 5.74) is 0. The van der Waals surface area contributed by atoms with Crippen molar-refractivity contribution in [3.8, 4) is 0 Å². The van der Waals surface area contributed by atoms with Crippen molar-refractivity contribution in [1.82, 2.24) is 10.2 Å². The molecule has 0 radical (unpaired) electrons. The smallest absolute Gasteiger partial charge is 0.0701 e. The van der Waals surface area contributed by atoms with Crippen LogP contribution in [0.1, 0.15) is 24.8 Å². The van der Waals surface area contributed by atoms with Gasteiger partial charge in [0.15, 0.2) is 0 Å². The fourth-order valence-corrected chi connectivity index (χ4v) is 4.92. The van der Waals surface area contributed by atoms with Gasteiger partial charge in [0.1, 0.15) is 0 Å². The van der Waals surface area contributed by atoms with Crippen molar-refractivity contribution in [2.24, 2.45) is 11.8 Å². The van der Waals surface area contributed by atoms with E-state index in [0.29, 0.717) is 12.1 Å². The maximum atomic E-state index is 3.56. The topological polar surface area (TPSA) is 15.3 Å². The molecule has 17 heavy (non-hydrogen) atoms. The highest BCUT2D eigenvalue weighted by molar-refractivity contribution is 9.11. The van der Waals surface area contributed by atoms with Gasteiger partial charge in [-0.05, 0) is 66.8 Å². The van der Waals surface area contributed by atoms with Crippen LogP contribution in [0, 0.1) is 11.8 Å². The van der Waals surface area contributed by atoms with E-state index in [-0.39, 0.29) is 0 Å². The summed E-state index contributed by atoms with van der Waals surface area (Å²) in [6.07, 6.45) is 0. The van der Waals surface area contributed by atoms with E-state index < -0.39 is 0 Å². The number of fused-ring (bicyclic) bond motifs is 1. The van der Waals surface area contributed by atoms with Crippen molar-refractivity contribution in [3.05, 3.63) is 20.8 Å². The Morgan fingerprint density at radius 2 is 2.29 bits per heavy atom. The summed E-state index contributed by atoms with van der Waals surface area (Å²) in [7, 11) is 0. The maximum absolute atomic E-state index is 3.56. The summed E-state index contributed by atoms with van der Waals surface area (Å²) in [5, 5.41) is 3.53. The number of hydrogen-bond donors (Lipinski definition) is 1. The van der Waals surface area contributed by atoms with Crippen molar-refractivity contribution in [2.75, 3.05) is 19.6 Å². The van der Waals surface area contributed by atoms with Crippen LogP contribution in [0.25, 0.3) is 0 Å². The minimum Gasteiger partial charge on any atom is -0.316 e. The molecule has 94 valence electrons. The first-order chi connectivity index (χ1) is 8.16. The highest BCUT2D eigenvalue weighted by Crippen LogP contribution is 2.39. The first-order valence-electron chi connectivity index (χ1n) is 6.38. The molecule has 4 unspecified atom stereocenters. The van der Waals surface area contributed by atoms with E-state index in [9.17, 15) is 0 Å². The van der Waals surface area contributed by atoms with Gasteiger partial charge in [0.05, 0.1) is 3.79 Å². The third-order valence-corrected chi connectivity index (χ3v) is 6.28. The molecular weight excluding hydrogens is 296 g/mol. The first-order valence-corrected chi connectivity index (χ1v) is 7.99. The second-order valence-corrected chi connectivity index (χ2v) is 7.83. The Kier molecular flexibility index (Phi) is 3.32. The van der Waals surface area contributed by atoms with Crippen LogP contribution in [0.3, 0.4) is 0 Å². The van der Waals surface area contributed by atoms with Crippen LogP contribution in [0.15, 0.2) is 15.9 Å². The Labute approximate surface area is 116 Å². The zero-order valence-corrected chi connectivity index (χ0v) is 12.7. The highest BCUT2D eigenvalue weighted by atomic mass is 79.9. The quantitative estimate of drug-likeness (QED) is 0.902. The minimum atomic E-state index is 0.562. The molecule has 4 atom stereocenters. The normalized spacial score (nSPS) is 35.1. The molecule has 2 saturated heterocycles. The maximum Gasteiger partial charge on any atom is 0.0701 e. The molecule has 2 aliphatic rings. The number of thiophene rings is 1. The molecule has 0 aliphatic carbocycles. The van der Waals surface area contributed by atoms with Crippen molar-refractivity contribution in [1.29, 1.82) is 0 Å². The fourth-order valence-electron chi connectivity index (χ4n) is 3.43. The van der Waals surface area contributed by atoms with Gasteiger partial charge in [0, 0.05) is 23.5 Å². The van der Waals surface area contributed by atoms with E-state index in [1.807, 2.05) is 11.3 Å². The molecular formula is C13H19BrN2S. The fraction of sp³-hybridized carbons (Fsp3) is 0.692. The monoisotopic (exact) mass is 314 g/mol. The molecule has 2 aliphatic heterocycles.